The molecule has 1 aromatic carbocycles. The summed E-state index contributed by atoms with van der Waals surface area (Å²) < 4.78 is 0. The van der Waals surface area contributed by atoms with Crippen LogP contribution in [-0.2, 0) is 11.3 Å². The Morgan fingerprint density at radius 2 is 1.86 bits per heavy atom. The molecule has 1 aliphatic rings. The Balaban J connectivity index is 0.00000242. The largest absolute Gasteiger partial charge is 0.352 e. The molecule has 22 heavy (non-hydrogen) atoms. The van der Waals surface area contributed by atoms with E-state index in [0.29, 0.717) is 18.9 Å². The molecule has 1 fully saturated rings. The second-order valence-corrected chi connectivity index (χ2v) is 5.52. The van der Waals surface area contributed by atoms with Crippen molar-refractivity contribution in [2.24, 2.45) is 17.4 Å². The molecule has 1 saturated carbocycles. The van der Waals surface area contributed by atoms with E-state index < -0.39 is 6.03 Å². The summed E-state index contributed by atoms with van der Waals surface area (Å²) in [5.74, 6) is 0.296. The monoisotopic (exact) mass is 326 g/mol. The minimum absolute atomic E-state index is 0. The molecule has 1 aromatic rings. The van der Waals surface area contributed by atoms with Gasteiger partial charge in [0.1, 0.15) is 0 Å². The Bertz CT molecular complexity index is 507. The van der Waals surface area contributed by atoms with E-state index in [9.17, 15) is 9.59 Å². The summed E-state index contributed by atoms with van der Waals surface area (Å²) in [6, 6.07) is 6.90. The predicted molar refractivity (Wildman–Crippen MR) is 88.7 cm³/mol. The number of hydrogen-bond acceptors (Lipinski definition) is 3. The number of nitrogens with one attached hydrogen (secondary N) is 2. The van der Waals surface area contributed by atoms with Gasteiger partial charge in [-0.05, 0) is 36.5 Å². The van der Waals surface area contributed by atoms with Crippen LogP contribution in [0, 0.1) is 5.92 Å². The van der Waals surface area contributed by atoms with Crippen molar-refractivity contribution < 1.29 is 9.59 Å². The minimum atomic E-state index is -0.555. The lowest BCUT2D eigenvalue weighted by Gasteiger charge is -2.14. The molecular weight excluding hydrogens is 304 g/mol. The van der Waals surface area contributed by atoms with Crippen molar-refractivity contribution in [2.75, 3.05) is 5.32 Å². The molecule has 0 aliphatic heterocycles. The molecule has 6 N–H and O–H groups in total. The maximum Gasteiger partial charge on any atom is 0.312 e. The summed E-state index contributed by atoms with van der Waals surface area (Å²) in [7, 11) is 0. The summed E-state index contributed by atoms with van der Waals surface area (Å²) in [5, 5.41) is 5.39. The van der Waals surface area contributed by atoms with Crippen molar-refractivity contribution in [3.63, 3.8) is 0 Å². The van der Waals surface area contributed by atoms with Gasteiger partial charge in [-0.15, -0.1) is 12.4 Å². The molecule has 1 aliphatic carbocycles. The van der Waals surface area contributed by atoms with Gasteiger partial charge in [0.05, 0.1) is 0 Å². The second-order valence-electron chi connectivity index (χ2n) is 5.52. The van der Waals surface area contributed by atoms with Gasteiger partial charge in [0.25, 0.3) is 0 Å². The lowest BCUT2D eigenvalue weighted by molar-refractivity contribution is -0.117. The summed E-state index contributed by atoms with van der Waals surface area (Å²) >= 11 is 0. The number of carbonyl (C=O) groups is 2. The van der Waals surface area contributed by atoms with Crippen molar-refractivity contribution in [3.05, 3.63) is 29.8 Å². The van der Waals surface area contributed by atoms with E-state index in [1.165, 1.54) is 0 Å². The van der Waals surface area contributed by atoms with Gasteiger partial charge in [0.2, 0.25) is 5.91 Å². The van der Waals surface area contributed by atoms with Crippen LogP contribution in [0.5, 0.6) is 0 Å². The second kappa shape index (κ2) is 8.60. The third-order valence-corrected chi connectivity index (χ3v) is 3.87. The predicted octanol–water partition coefficient (Wildman–Crippen LogP) is 1.73. The summed E-state index contributed by atoms with van der Waals surface area (Å²) in [5.41, 5.74) is 12.6. The SMILES string of the molecule is Cl.NC(=O)NCc1ccc(NC(=O)C[C@@H]2CCC[C@H]2N)cc1. The van der Waals surface area contributed by atoms with E-state index in [2.05, 4.69) is 10.6 Å². The highest BCUT2D eigenvalue weighted by atomic mass is 35.5. The van der Waals surface area contributed by atoms with Crippen molar-refractivity contribution >= 4 is 30.0 Å². The highest BCUT2D eigenvalue weighted by Crippen LogP contribution is 2.27. The third-order valence-electron chi connectivity index (χ3n) is 3.87. The van der Waals surface area contributed by atoms with Gasteiger partial charge in [-0.3, -0.25) is 4.79 Å². The molecule has 0 saturated heterocycles. The third kappa shape index (κ3) is 5.54. The van der Waals surface area contributed by atoms with E-state index >= 15 is 0 Å². The van der Waals surface area contributed by atoms with Gasteiger partial charge in [-0.1, -0.05) is 18.6 Å². The standard InChI is InChI=1S/C15H22N4O2.ClH/c16-13-3-1-2-11(13)8-14(20)19-12-6-4-10(5-7-12)9-18-15(17)21;/h4-7,11,13H,1-3,8-9,16H2,(H,19,20)(H3,17,18,21);1H/t11-,13+;/m0./s1. The summed E-state index contributed by atoms with van der Waals surface area (Å²) in [4.78, 5) is 22.6. The number of primary amides is 1. The average molecular weight is 327 g/mol. The minimum Gasteiger partial charge on any atom is -0.352 e. The Labute approximate surface area is 136 Å². The van der Waals surface area contributed by atoms with Crippen LogP contribution in [0.25, 0.3) is 0 Å². The Morgan fingerprint density at radius 3 is 2.41 bits per heavy atom. The van der Waals surface area contributed by atoms with Gasteiger partial charge in [0.15, 0.2) is 0 Å². The van der Waals surface area contributed by atoms with Crippen LogP contribution in [0.3, 0.4) is 0 Å². The molecule has 2 atom stereocenters. The van der Waals surface area contributed by atoms with Gasteiger partial charge in [0, 0.05) is 24.7 Å². The molecule has 0 heterocycles. The fourth-order valence-corrected chi connectivity index (χ4v) is 2.66. The lowest BCUT2D eigenvalue weighted by atomic mass is 10.00. The first kappa shape index (κ1) is 18.3. The van der Waals surface area contributed by atoms with Crippen molar-refractivity contribution in [1.29, 1.82) is 0 Å². The molecular formula is C15H23ClN4O2. The van der Waals surface area contributed by atoms with Crippen LogP contribution in [0.15, 0.2) is 24.3 Å². The zero-order valence-electron chi connectivity index (χ0n) is 12.4. The normalized spacial score (nSPS) is 20.0. The van der Waals surface area contributed by atoms with Crippen LogP contribution in [0.4, 0.5) is 10.5 Å². The molecule has 3 amide bonds. The van der Waals surface area contributed by atoms with E-state index in [-0.39, 0.29) is 24.4 Å². The fourth-order valence-electron chi connectivity index (χ4n) is 2.66. The number of rotatable bonds is 5. The van der Waals surface area contributed by atoms with E-state index in [4.69, 9.17) is 11.5 Å². The maximum absolute atomic E-state index is 12.0. The van der Waals surface area contributed by atoms with Gasteiger partial charge in [-0.25, -0.2) is 4.79 Å². The van der Waals surface area contributed by atoms with Crippen LogP contribution < -0.4 is 22.1 Å². The van der Waals surface area contributed by atoms with Gasteiger partial charge < -0.3 is 22.1 Å². The number of anilines is 1. The van der Waals surface area contributed by atoms with E-state index in [1.807, 2.05) is 24.3 Å². The number of hydrogen-bond donors (Lipinski definition) is 4. The number of halogens is 1. The molecule has 0 aromatic heterocycles. The molecule has 6 nitrogen and oxygen atoms in total. The molecule has 0 bridgehead atoms. The summed E-state index contributed by atoms with van der Waals surface area (Å²) in [6.45, 7) is 0.375. The molecule has 0 unspecified atom stereocenters. The molecule has 0 spiro atoms. The molecule has 2 rings (SSSR count). The lowest BCUT2D eigenvalue weighted by Crippen LogP contribution is -2.28. The van der Waals surface area contributed by atoms with E-state index in [1.54, 1.807) is 0 Å². The first-order chi connectivity index (χ1) is 10.0. The topological polar surface area (TPSA) is 110 Å². The van der Waals surface area contributed by atoms with Crippen LogP contribution in [-0.4, -0.2) is 18.0 Å². The quantitative estimate of drug-likeness (QED) is 0.661. The Morgan fingerprint density at radius 1 is 1.18 bits per heavy atom. The van der Waals surface area contributed by atoms with Crippen molar-refractivity contribution in [2.45, 2.75) is 38.3 Å². The summed E-state index contributed by atoms with van der Waals surface area (Å²) in [6.07, 6.45) is 3.64. The fraction of sp³-hybridized carbons (Fsp3) is 0.467. The first-order valence-electron chi connectivity index (χ1n) is 7.22. The smallest absolute Gasteiger partial charge is 0.312 e. The average Bonchev–Trinajstić information content (AvgIpc) is 2.83. The zero-order valence-corrected chi connectivity index (χ0v) is 13.2. The number of urea groups is 1. The number of nitrogens with two attached hydrogens (primary N) is 2. The van der Waals surface area contributed by atoms with Crippen molar-refractivity contribution in [3.8, 4) is 0 Å². The van der Waals surface area contributed by atoms with Gasteiger partial charge >= 0.3 is 6.03 Å². The highest BCUT2D eigenvalue weighted by Gasteiger charge is 2.25. The maximum atomic E-state index is 12.0. The number of amides is 3. The zero-order chi connectivity index (χ0) is 15.2. The van der Waals surface area contributed by atoms with Crippen molar-refractivity contribution in [1.82, 2.24) is 5.32 Å². The first-order valence-corrected chi connectivity index (χ1v) is 7.22. The Kier molecular flexibility index (Phi) is 7.14. The van der Waals surface area contributed by atoms with Gasteiger partial charge in [-0.2, -0.15) is 0 Å². The van der Waals surface area contributed by atoms with E-state index in [0.717, 1.165) is 30.5 Å². The van der Waals surface area contributed by atoms with Crippen LogP contribution >= 0.6 is 12.4 Å². The van der Waals surface area contributed by atoms with Crippen LogP contribution in [0.1, 0.15) is 31.2 Å². The Hall–Kier alpha value is -1.79. The van der Waals surface area contributed by atoms with Crippen LogP contribution in [0.2, 0.25) is 0 Å². The molecule has 7 heteroatoms. The highest BCUT2D eigenvalue weighted by molar-refractivity contribution is 5.90. The molecule has 0 radical (unpaired) electrons. The number of benzene rings is 1. The number of carbonyl (C=O) groups excluding carboxylic acids is 2. The molecule has 122 valence electrons.